The summed E-state index contributed by atoms with van der Waals surface area (Å²) in [5.74, 6) is 0. The van der Waals surface area contributed by atoms with Crippen LogP contribution in [-0.4, -0.2) is 51.8 Å². The number of benzene rings is 1. The second-order valence-electron chi connectivity index (χ2n) is 7.38. The first-order valence-corrected chi connectivity index (χ1v) is 9.45. The maximum atomic E-state index is 12.6. The Morgan fingerprint density at radius 3 is 2.73 bits per heavy atom. The van der Waals surface area contributed by atoms with Gasteiger partial charge in [-0.25, -0.2) is 4.79 Å². The van der Waals surface area contributed by atoms with Gasteiger partial charge in [0.1, 0.15) is 0 Å². The number of hydrogen-bond donors (Lipinski definition) is 1. The second kappa shape index (κ2) is 6.76. The van der Waals surface area contributed by atoms with Crippen LogP contribution in [0.1, 0.15) is 18.4 Å². The minimum Gasteiger partial charge on any atom is -0.396 e. The van der Waals surface area contributed by atoms with Crippen LogP contribution in [0, 0.1) is 5.41 Å². The van der Waals surface area contributed by atoms with E-state index in [0.29, 0.717) is 15.7 Å². The van der Waals surface area contributed by atoms with E-state index < -0.39 is 0 Å². The molecule has 2 aliphatic rings. The number of nitrogens with two attached hydrogens (primary N) is 1. The number of amides is 1. The fraction of sp³-hybridized carbons (Fsp3) is 0.444. The first-order chi connectivity index (χ1) is 12.4. The van der Waals surface area contributed by atoms with E-state index in [2.05, 4.69) is 10.00 Å². The van der Waals surface area contributed by atoms with Gasteiger partial charge in [-0.05, 0) is 37.1 Å². The van der Waals surface area contributed by atoms with Crippen molar-refractivity contribution in [1.29, 1.82) is 0 Å². The standard InChI is InChI=1S/C18H21Cl2N5O/c19-15-2-1-13(7-16(15)20)9-23-5-3-18(11-23)4-6-24(12-18)17(26)25-10-14(21)8-22-25/h1-2,7-8,10H,3-6,9,11-12,21H2. The summed E-state index contributed by atoms with van der Waals surface area (Å²) in [6.45, 7) is 4.39. The quantitative estimate of drug-likeness (QED) is 0.849. The van der Waals surface area contributed by atoms with Crippen molar-refractivity contribution in [3.63, 3.8) is 0 Å². The average Bonchev–Trinajstić information content (AvgIpc) is 3.32. The van der Waals surface area contributed by atoms with Gasteiger partial charge in [0.25, 0.3) is 0 Å². The van der Waals surface area contributed by atoms with Crippen molar-refractivity contribution in [2.75, 3.05) is 31.9 Å². The van der Waals surface area contributed by atoms with Gasteiger partial charge in [0.15, 0.2) is 0 Å². The predicted octanol–water partition coefficient (Wildman–Crippen LogP) is 3.34. The molecule has 1 atom stereocenters. The highest BCUT2D eigenvalue weighted by molar-refractivity contribution is 6.42. The molecule has 1 unspecified atom stereocenters. The molecule has 0 saturated carbocycles. The summed E-state index contributed by atoms with van der Waals surface area (Å²) in [7, 11) is 0. The van der Waals surface area contributed by atoms with Crippen molar-refractivity contribution in [2.45, 2.75) is 19.4 Å². The number of aromatic nitrogens is 2. The molecule has 1 amide bonds. The summed E-state index contributed by atoms with van der Waals surface area (Å²) < 4.78 is 1.33. The van der Waals surface area contributed by atoms with Gasteiger partial charge in [-0.15, -0.1) is 0 Å². The fourth-order valence-electron chi connectivity index (χ4n) is 4.08. The normalized spacial score (nSPS) is 23.2. The number of carbonyl (C=O) groups is 1. The third-order valence-electron chi connectivity index (χ3n) is 5.41. The number of hydrogen-bond acceptors (Lipinski definition) is 4. The maximum Gasteiger partial charge on any atom is 0.344 e. The van der Waals surface area contributed by atoms with Gasteiger partial charge in [0.2, 0.25) is 0 Å². The molecular weight excluding hydrogens is 373 g/mol. The van der Waals surface area contributed by atoms with Crippen molar-refractivity contribution in [1.82, 2.24) is 19.6 Å². The largest absolute Gasteiger partial charge is 0.396 e. The summed E-state index contributed by atoms with van der Waals surface area (Å²) in [5.41, 5.74) is 7.50. The number of anilines is 1. The number of nitrogen functional groups attached to an aromatic ring is 1. The average molecular weight is 394 g/mol. The molecule has 4 rings (SSSR count). The summed E-state index contributed by atoms with van der Waals surface area (Å²) in [6.07, 6.45) is 5.18. The van der Waals surface area contributed by atoms with Gasteiger partial charge < -0.3 is 10.6 Å². The van der Waals surface area contributed by atoms with Crippen molar-refractivity contribution in [3.05, 3.63) is 46.2 Å². The van der Waals surface area contributed by atoms with Crippen LogP contribution >= 0.6 is 23.2 Å². The van der Waals surface area contributed by atoms with Crippen LogP contribution in [0.15, 0.2) is 30.6 Å². The molecule has 0 aliphatic carbocycles. The van der Waals surface area contributed by atoms with Crippen LogP contribution in [0.2, 0.25) is 10.0 Å². The van der Waals surface area contributed by atoms with Gasteiger partial charge in [-0.3, -0.25) is 4.90 Å². The van der Waals surface area contributed by atoms with Crippen LogP contribution in [0.5, 0.6) is 0 Å². The fourth-order valence-corrected chi connectivity index (χ4v) is 4.40. The molecular formula is C18H21Cl2N5O. The topological polar surface area (TPSA) is 67.4 Å². The highest BCUT2D eigenvalue weighted by Crippen LogP contribution is 2.40. The van der Waals surface area contributed by atoms with E-state index in [0.717, 1.165) is 51.1 Å². The summed E-state index contributed by atoms with van der Waals surface area (Å²) in [4.78, 5) is 16.9. The molecule has 138 valence electrons. The third-order valence-corrected chi connectivity index (χ3v) is 6.15. The second-order valence-corrected chi connectivity index (χ2v) is 8.20. The highest BCUT2D eigenvalue weighted by Gasteiger charge is 2.44. The SMILES string of the molecule is Nc1cnn(C(=O)N2CCC3(CCN(Cc4ccc(Cl)c(Cl)c4)C3)C2)c1. The van der Waals surface area contributed by atoms with Gasteiger partial charge in [0.05, 0.1) is 28.1 Å². The van der Waals surface area contributed by atoms with Gasteiger partial charge in [-0.1, -0.05) is 29.3 Å². The van der Waals surface area contributed by atoms with Crippen LogP contribution in [0.25, 0.3) is 0 Å². The van der Waals surface area contributed by atoms with Crippen molar-refractivity contribution in [2.24, 2.45) is 5.41 Å². The Bertz CT molecular complexity index is 839. The first-order valence-electron chi connectivity index (χ1n) is 8.70. The highest BCUT2D eigenvalue weighted by atomic mass is 35.5. The third kappa shape index (κ3) is 3.41. The summed E-state index contributed by atoms with van der Waals surface area (Å²) in [6, 6.07) is 5.70. The molecule has 2 fully saturated rings. The molecule has 1 aromatic carbocycles. The number of rotatable bonds is 2. The lowest BCUT2D eigenvalue weighted by Crippen LogP contribution is -2.36. The maximum absolute atomic E-state index is 12.6. The lowest BCUT2D eigenvalue weighted by molar-refractivity contribution is 0.196. The molecule has 2 aliphatic heterocycles. The Kier molecular flexibility index (Phi) is 4.59. The van der Waals surface area contributed by atoms with Crippen LogP contribution < -0.4 is 5.73 Å². The Labute approximate surface area is 162 Å². The smallest absolute Gasteiger partial charge is 0.344 e. The molecule has 2 N–H and O–H groups in total. The number of likely N-dealkylation sites (tertiary alicyclic amines) is 2. The van der Waals surface area contributed by atoms with E-state index >= 15 is 0 Å². The monoisotopic (exact) mass is 393 g/mol. The van der Waals surface area contributed by atoms with E-state index in [1.54, 1.807) is 6.20 Å². The zero-order chi connectivity index (χ0) is 18.3. The molecule has 2 saturated heterocycles. The molecule has 26 heavy (non-hydrogen) atoms. The Hall–Kier alpha value is -1.76. The minimum absolute atomic E-state index is 0.0958. The molecule has 1 aromatic heterocycles. The van der Waals surface area contributed by atoms with Crippen molar-refractivity contribution in [3.8, 4) is 0 Å². The van der Waals surface area contributed by atoms with E-state index in [9.17, 15) is 4.79 Å². The number of carbonyl (C=O) groups excluding carboxylic acids is 1. The van der Waals surface area contributed by atoms with Crippen molar-refractivity contribution < 1.29 is 4.79 Å². The van der Waals surface area contributed by atoms with Gasteiger partial charge in [-0.2, -0.15) is 9.78 Å². The van der Waals surface area contributed by atoms with Crippen LogP contribution in [0.4, 0.5) is 10.5 Å². The van der Waals surface area contributed by atoms with Crippen LogP contribution in [0.3, 0.4) is 0 Å². The summed E-state index contributed by atoms with van der Waals surface area (Å²) in [5, 5.41) is 5.20. The first kappa shape index (κ1) is 17.6. The molecule has 8 heteroatoms. The molecule has 2 aromatic rings. The molecule has 0 radical (unpaired) electrons. The van der Waals surface area contributed by atoms with E-state index in [1.165, 1.54) is 10.9 Å². The Balaban J connectivity index is 1.38. The lowest BCUT2D eigenvalue weighted by atomic mass is 9.86. The molecule has 6 nitrogen and oxygen atoms in total. The zero-order valence-corrected chi connectivity index (χ0v) is 15.9. The van der Waals surface area contributed by atoms with E-state index in [-0.39, 0.29) is 11.4 Å². The zero-order valence-electron chi connectivity index (χ0n) is 14.4. The molecule has 3 heterocycles. The lowest BCUT2D eigenvalue weighted by Gasteiger charge is -2.24. The van der Waals surface area contributed by atoms with Gasteiger partial charge >= 0.3 is 6.03 Å². The van der Waals surface area contributed by atoms with Gasteiger partial charge in [0, 0.05) is 31.6 Å². The van der Waals surface area contributed by atoms with E-state index in [1.807, 2.05) is 23.1 Å². The Morgan fingerprint density at radius 1 is 1.19 bits per heavy atom. The molecule has 0 bridgehead atoms. The Morgan fingerprint density at radius 2 is 2.00 bits per heavy atom. The van der Waals surface area contributed by atoms with Crippen LogP contribution in [-0.2, 0) is 6.54 Å². The van der Waals surface area contributed by atoms with E-state index in [4.69, 9.17) is 28.9 Å². The number of nitrogens with zero attached hydrogens (tertiary/aromatic N) is 4. The molecule has 1 spiro atoms. The summed E-state index contributed by atoms with van der Waals surface area (Å²) >= 11 is 12.1. The number of halogens is 2. The van der Waals surface area contributed by atoms with Crippen molar-refractivity contribution >= 4 is 34.9 Å². The predicted molar refractivity (Wildman–Crippen MR) is 102 cm³/mol. The minimum atomic E-state index is -0.0958.